The van der Waals surface area contributed by atoms with Gasteiger partial charge in [-0.05, 0) is 30.2 Å². The van der Waals surface area contributed by atoms with Gasteiger partial charge in [0.25, 0.3) is 0 Å². The van der Waals surface area contributed by atoms with E-state index in [1.165, 1.54) is 5.56 Å². The molecule has 0 saturated carbocycles. The Bertz CT molecular complexity index is 403. The monoisotopic (exact) mass is 263 g/mol. The van der Waals surface area contributed by atoms with E-state index >= 15 is 0 Å². The summed E-state index contributed by atoms with van der Waals surface area (Å²) in [7, 11) is 4.08. The number of anilines is 1. The van der Waals surface area contributed by atoms with E-state index in [1.54, 1.807) is 0 Å². The first kappa shape index (κ1) is 16.0. The molecule has 1 rings (SSSR count). The maximum absolute atomic E-state index is 4.75. The Labute approximate surface area is 118 Å². The predicted molar refractivity (Wildman–Crippen MR) is 83.8 cm³/mol. The highest BCUT2D eigenvalue weighted by Crippen LogP contribution is 2.24. The molecule has 0 amide bonds. The summed E-state index contributed by atoms with van der Waals surface area (Å²) in [4.78, 5) is 6.82. The van der Waals surface area contributed by atoms with E-state index in [0.717, 1.165) is 24.6 Å². The molecular weight excluding hydrogens is 234 g/mol. The molecule has 0 unspecified atom stereocenters. The Morgan fingerprint density at radius 3 is 2.32 bits per heavy atom. The van der Waals surface area contributed by atoms with Gasteiger partial charge >= 0.3 is 0 Å². The van der Waals surface area contributed by atoms with Gasteiger partial charge in [0.05, 0.1) is 0 Å². The third-order valence-corrected chi connectivity index (χ3v) is 2.98. The first-order valence-electron chi connectivity index (χ1n) is 7.09. The van der Waals surface area contributed by atoms with Crippen LogP contribution in [0.4, 0.5) is 5.82 Å². The predicted octanol–water partition coefficient (Wildman–Crippen LogP) is 3.19. The van der Waals surface area contributed by atoms with Crippen molar-refractivity contribution in [2.45, 2.75) is 46.6 Å². The molecule has 108 valence electrons. The van der Waals surface area contributed by atoms with E-state index in [-0.39, 0.29) is 5.41 Å². The second-order valence-corrected chi connectivity index (χ2v) is 6.89. The summed E-state index contributed by atoms with van der Waals surface area (Å²) >= 11 is 0. The molecule has 0 spiro atoms. The zero-order chi connectivity index (χ0) is 14.6. The highest BCUT2D eigenvalue weighted by Gasteiger charge is 2.17. The van der Waals surface area contributed by atoms with Gasteiger partial charge in [0.1, 0.15) is 5.82 Å². The Kier molecular flexibility index (Phi) is 5.36. The lowest BCUT2D eigenvalue weighted by Gasteiger charge is -2.22. The average molecular weight is 263 g/mol. The van der Waals surface area contributed by atoms with Crippen molar-refractivity contribution in [3.63, 3.8) is 0 Å². The van der Waals surface area contributed by atoms with Crippen LogP contribution in [0.15, 0.2) is 12.1 Å². The van der Waals surface area contributed by atoms with Gasteiger partial charge in [-0.3, -0.25) is 0 Å². The van der Waals surface area contributed by atoms with Crippen LogP contribution in [0.2, 0.25) is 0 Å². The van der Waals surface area contributed by atoms with E-state index < -0.39 is 0 Å². The van der Waals surface area contributed by atoms with Crippen LogP contribution in [0.1, 0.15) is 45.9 Å². The number of pyridine rings is 1. The Morgan fingerprint density at radius 1 is 1.21 bits per heavy atom. The lowest BCUT2D eigenvalue weighted by atomic mass is 9.90. The van der Waals surface area contributed by atoms with Gasteiger partial charge in [-0.1, -0.05) is 34.6 Å². The molecule has 0 bridgehead atoms. The fourth-order valence-electron chi connectivity index (χ4n) is 1.79. The molecule has 1 heterocycles. The SMILES string of the molecule is CC(C)CNCc1cc(N(C)C)nc(C(C)(C)C)c1. The molecule has 19 heavy (non-hydrogen) atoms. The summed E-state index contributed by atoms with van der Waals surface area (Å²) in [5, 5.41) is 3.50. The van der Waals surface area contributed by atoms with E-state index in [2.05, 4.69) is 57.0 Å². The third kappa shape index (κ3) is 5.19. The average Bonchev–Trinajstić information content (AvgIpc) is 2.26. The largest absolute Gasteiger partial charge is 0.363 e. The second-order valence-electron chi connectivity index (χ2n) is 6.89. The fourth-order valence-corrected chi connectivity index (χ4v) is 1.79. The number of aromatic nitrogens is 1. The highest BCUT2D eigenvalue weighted by molar-refractivity contribution is 5.42. The Morgan fingerprint density at radius 2 is 1.84 bits per heavy atom. The van der Waals surface area contributed by atoms with Gasteiger partial charge in [0.15, 0.2) is 0 Å². The summed E-state index contributed by atoms with van der Waals surface area (Å²) in [6, 6.07) is 4.39. The minimum Gasteiger partial charge on any atom is -0.363 e. The van der Waals surface area contributed by atoms with Gasteiger partial charge in [-0.2, -0.15) is 0 Å². The molecule has 3 nitrogen and oxygen atoms in total. The summed E-state index contributed by atoms with van der Waals surface area (Å²) in [5.74, 6) is 1.71. The summed E-state index contributed by atoms with van der Waals surface area (Å²) < 4.78 is 0. The van der Waals surface area contributed by atoms with E-state index in [9.17, 15) is 0 Å². The highest BCUT2D eigenvalue weighted by atomic mass is 15.1. The van der Waals surface area contributed by atoms with E-state index in [0.29, 0.717) is 5.92 Å². The van der Waals surface area contributed by atoms with Gasteiger partial charge < -0.3 is 10.2 Å². The Hall–Kier alpha value is -1.09. The van der Waals surface area contributed by atoms with Crippen molar-refractivity contribution >= 4 is 5.82 Å². The first-order valence-corrected chi connectivity index (χ1v) is 7.09. The molecule has 1 N–H and O–H groups in total. The van der Waals surface area contributed by atoms with Crippen molar-refractivity contribution in [1.82, 2.24) is 10.3 Å². The number of hydrogen-bond acceptors (Lipinski definition) is 3. The van der Waals surface area contributed by atoms with E-state index in [4.69, 9.17) is 4.98 Å². The van der Waals surface area contributed by atoms with Crippen molar-refractivity contribution in [2.75, 3.05) is 25.5 Å². The van der Waals surface area contributed by atoms with Gasteiger partial charge in [0, 0.05) is 31.7 Å². The molecule has 1 aromatic heterocycles. The molecule has 0 saturated heterocycles. The standard InChI is InChI=1S/C16H29N3/c1-12(2)10-17-11-13-8-14(16(3,4)5)18-15(9-13)19(6)7/h8-9,12,17H,10-11H2,1-7H3. The second kappa shape index (κ2) is 6.38. The topological polar surface area (TPSA) is 28.2 Å². The van der Waals surface area contributed by atoms with Crippen molar-refractivity contribution in [1.29, 1.82) is 0 Å². The van der Waals surface area contributed by atoms with Crippen LogP contribution < -0.4 is 10.2 Å². The molecule has 1 aromatic rings. The fraction of sp³-hybridized carbons (Fsp3) is 0.688. The lowest BCUT2D eigenvalue weighted by molar-refractivity contribution is 0.546. The molecule has 0 radical (unpaired) electrons. The summed E-state index contributed by atoms with van der Waals surface area (Å²) in [6.07, 6.45) is 0. The molecule has 0 aliphatic carbocycles. The third-order valence-electron chi connectivity index (χ3n) is 2.98. The van der Waals surface area contributed by atoms with Crippen LogP contribution in [-0.4, -0.2) is 25.6 Å². The number of rotatable bonds is 5. The molecular formula is C16H29N3. The molecule has 0 atom stereocenters. The van der Waals surface area contributed by atoms with Crippen LogP contribution in [0.25, 0.3) is 0 Å². The number of hydrogen-bond donors (Lipinski definition) is 1. The first-order chi connectivity index (χ1) is 8.70. The van der Waals surface area contributed by atoms with Gasteiger partial charge in [-0.15, -0.1) is 0 Å². The van der Waals surface area contributed by atoms with Crippen LogP contribution in [0.5, 0.6) is 0 Å². The summed E-state index contributed by atoms with van der Waals surface area (Å²) in [5.41, 5.74) is 2.54. The lowest BCUT2D eigenvalue weighted by Crippen LogP contribution is -2.22. The van der Waals surface area contributed by atoms with Crippen molar-refractivity contribution < 1.29 is 0 Å². The molecule has 0 fully saturated rings. The summed E-state index contributed by atoms with van der Waals surface area (Å²) in [6.45, 7) is 13.0. The molecule has 3 heteroatoms. The quantitative estimate of drug-likeness (QED) is 0.884. The van der Waals surface area contributed by atoms with Crippen molar-refractivity contribution in [3.8, 4) is 0 Å². The van der Waals surface area contributed by atoms with Crippen LogP contribution in [0.3, 0.4) is 0 Å². The van der Waals surface area contributed by atoms with Gasteiger partial charge in [0.2, 0.25) is 0 Å². The number of nitrogens with one attached hydrogen (secondary N) is 1. The van der Waals surface area contributed by atoms with Crippen LogP contribution in [-0.2, 0) is 12.0 Å². The van der Waals surface area contributed by atoms with Crippen LogP contribution >= 0.6 is 0 Å². The normalized spacial score (nSPS) is 12.0. The smallest absolute Gasteiger partial charge is 0.128 e. The molecule has 0 aliphatic rings. The maximum Gasteiger partial charge on any atom is 0.128 e. The Balaban J connectivity index is 2.94. The maximum atomic E-state index is 4.75. The zero-order valence-electron chi connectivity index (χ0n) is 13.5. The van der Waals surface area contributed by atoms with Crippen molar-refractivity contribution in [3.05, 3.63) is 23.4 Å². The van der Waals surface area contributed by atoms with Gasteiger partial charge in [-0.25, -0.2) is 4.98 Å². The molecule has 0 aliphatic heterocycles. The number of nitrogens with zero attached hydrogens (tertiary/aromatic N) is 2. The minimum atomic E-state index is 0.0822. The van der Waals surface area contributed by atoms with Crippen LogP contribution in [0, 0.1) is 5.92 Å². The van der Waals surface area contributed by atoms with Crippen molar-refractivity contribution in [2.24, 2.45) is 5.92 Å². The zero-order valence-corrected chi connectivity index (χ0v) is 13.5. The molecule has 0 aromatic carbocycles. The van der Waals surface area contributed by atoms with E-state index in [1.807, 2.05) is 14.1 Å². The minimum absolute atomic E-state index is 0.0822.